The molecule has 0 fully saturated rings. The lowest BCUT2D eigenvalue weighted by atomic mass is 10.0. The summed E-state index contributed by atoms with van der Waals surface area (Å²) >= 11 is 0. The molecule has 60 valence electrons. The summed E-state index contributed by atoms with van der Waals surface area (Å²) in [7, 11) is 0. The largest absolute Gasteiger partial charge is 0.262 e. The Morgan fingerprint density at radius 2 is 2.18 bits per heavy atom. The molecule has 0 aromatic rings. The van der Waals surface area contributed by atoms with Crippen LogP contribution in [0, 0.1) is 0 Å². The van der Waals surface area contributed by atoms with E-state index in [0.717, 1.165) is 18.6 Å². The summed E-state index contributed by atoms with van der Waals surface area (Å²) in [6, 6.07) is 0. The highest BCUT2D eigenvalue weighted by Crippen LogP contribution is 2.16. The Bertz CT molecular complexity index is 231. The SMILES string of the molecule is CCC1=CC(C)=NC=C(C)C1. The first-order chi connectivity index (χ1) is 5.22. The second kappa shape index (κ2) is 3.51. The van der Waals surface area contributed by atoms with E-state index in [-0.39, 0.29) is 0 Å². The second-order valence-electron chi connectivity index (χ2n) is 3.08. The first kappa shape index (κ1) is 8.25. The van der Waals surface area contributed by atoms with E-state index in [0.29, 0.717) is 0 Å². The molecule has 0 bridgehead atoms. The Hall–Kier alpha value is -0.850. The zero-order chi connectivity index (χ0) is 8.27. The van der Waals surface area contributed by atoms with E-state index >= 15 is 0 Å². The summed E-state index contributed by atoms with van der Waals surface area (Å²) in [5.41, 5.74) is 3.96. The molecule has 0 saturated carbocycles. The normalized spacial score (nSPS) is 18.3. The molecule has 0 unspecified atom stereocenters. The minimum atomic E-state index is 1.09. The summed E-state index contributed by atoms with van der Waals surface area (Å²) in [6.45, 7) is 6.37. The number of hydrogen-bond donors (Lipinski definition) is 0. The zero-order valence-electron chi connectivity index (χ0n) is 7.52. The molecule has 0 saturated heterocycles. The number of allylic oxidation sites excluding steroid dienone is 3. The van der Waals surface area contributed by atoms with Crippen molar-refractivity contribution in [3.8, 4) is 0 Å². The van der Waals surface area contributed by atoms with Crippen LogP contribution in [-0.4, -0.2) is 5.71 Å². The van der Waals surface area contributed by atoms with Crippen LogP contribution >= 0.6 is 0 Å². The third-order valence-corrected chi connectivity index (χ3v) is 1.86. The Balaban J connectivity index is 2.86. The number of rotatable bonds is 1. The van der Waals surface area contributed by atoms with E-state index < -0.39 is 0 Å². The van der Waals surface area contributed by atoms with Gasteiger partial charge >= 0.3 is 0 Å². The van der Waals surface area contributed by atoms with Gasteiger partial charge in [-0.3, -0.25) is 4.99 Å². The van der Waals surface area contributed by atoms with Gasteiger partial charge in [-0.15, -0.1) is 0 Å². The molecule has 1 aliphatic rings. The fraction of sp³-hybridized carbons (Fsp3) is 0.500. The molecular weight excluding hydrogens is 134 g/mol. The van der Waals surface area contributed by atoms with Crippen LogP contribution in [0.2, 0.25) is 0 Å². The van der Waals surface area contributed by atoms with E-state index in [4.69, 9.17) is 0 Å². The van der Waals surface area contributed by atoms with Crippen molar-refractivity contribution in [2.24, 2.45) is 4.99 Å². The minimum absolute atomic E-state index is 1.09. The maximum absolute atomic E-state index is 4.28. The highest BCUT2D eigenvalue weighted by atomic mass is 14.7. The monoisotopic (exact) mass is 149 g/mol. The highest BCUT2D eigenvalue weighted by molar-refractivity contribution is 5.94. The van der Waals surface area contributed by atoms with Crippen molar-refractivity contribution in [3.63, 3.8) is 0 Å². The zero-order valence-corrected chi connectivity index (χ0v) is 7.52. The number of aliphatic imine (C=N–C) groups is 1. The summed E-state index contributed by atoms with van der Waals surface area (Å²) in [5.74, 6) is 0. The van der Waals surface area contributed by atoms with Crippen LogP contribution in [0.25, 0.3) is 0 Å². The molecule has 0 N–H and O–H groups in total. The summed E-state index contributed by atoms with van der Waals surface area (Å²) in [4.78, 5) is 4.28. The molecule has 11 heavy (non-hydrogen) atoms. The maximum atomic E-state index is 4.28. The smallest absolute Gasteiger partial charge is 0.0372 e. The quantitative estimate of drug-likeness (QED) is 0.543. The van der Waals surface area contributed by atoms with E-state index in [9.17, 15) is 0 Å². The van der Waals surface area contributed by atoms with E-state index in [1.54, 1.807) is 0 Å². The van der Waals surface area contributed by atoms with Crippen molar-refractivity contribution in [1.82, 2.24) is 0 Å². The first-order valence-corrected chi connectivity index (χ1v) is 4.12. The Labute approximate surface area is 68.5 Å². The molecule has 1 heterocycles. The number of nitrogens with zero attached hydrogens (tertiary/aromatic N) is 1. The first-order valence-electron chi connectivity index (χ1n) is 4.12. The molecule has 0 spiro atoms. The fourth-order valence-corrected chi connectivity index (χ4v) is 1.23. The van der Waals surface area contributed by atoms with Gasteiger partial charge in [-0.25, -0.2) is 0 Å². The van der Waals surface area contributed by atoms with Crippen LogP contribution < -0.4 is 0 Å². The second-order valence-corrected chi connectivity index (χ2v) is 3.08. The molecular formula is C10H15N. The lowest BCUT2D eigenvalue weighted by molar-refractivity contribution is 0.993. The summed E-state index contributed by atoms with van der Waals surface area (Å²) in [6.07, 6.45) is 6.39. The molecule has 1 aliphatic heterocycles. The summed E-state index contributed by atoms with van der Waals surface area (Å²) < 4.78 is 0. The van der Waals surface area contributed by atoms with Crippen molar-refractivity contribution in [2.45, 2.75) is 33.6 Å². The van der Waals surface area contributed by atoms with E-state index in [2.05, 4.69) is 24.9 Å². The molecule has 1 rings (SSSR count). The van der Waals surface area contributed by atoms with Gasteiger partial charge in [0.1, 0.15) is 0 Å². The predicted molar refractivity (Wildman–Crippen MR) is 49.9 cm³/mol. The highest BCUT2D eigenvalue weighted by Gasteiger charge is 2.00. The Morgan fingerprint density at radius 3 is 2.82 bits per heavy atom. The van der Waals surface area contributed by atoms with Crippen LogP contribution in [0.15, 0.2) is 28.4 Å². The van der Waals surface area contributed by atoms with E-state index in [1.807, 2.05) is 13.1 Å². The van der Waals surface area contributed by atoms with Gasteiger partial charge in [0, 0.05) is 11.9 Å². The van der Waals surface area contributed by atoms with Gasteiger partial charge in [-0.1, -0.05) is 18.1 Å². The standard InChI is InChI=1S/C10H15N/c1-4-10-5-8(2)7-11-9(3)6-10/h6-7H,4-5H2,1-3H3. The van der Waals surface area contributed by atoms with Crippen LogP contribution in [0.4, 0.5) is 0 Å². The van der Waals surface area contributed by atoms with Gasteiger partial charge in [-0.05, 0) is 32.8 Å². The van der Waals surface area contributed by atoms with Crippen LogP contribution in [0.5, 0.6) is 0 Å². The van der Waals surface area contributed by atoms with Crippen LogP contribution in [-0.2, 0) is 0 Å². The van der Waals surface area contributed by atoms with Gasteiger partial charge in [0.15, 0.2) is 0 Å². The third kappa shape index (κ3) is 2.34. The fourth-order valence-electron chi connectivity index (χ4n) is 1.23. The lowest BCUT2D eigenvalue weighted by Gasteiger charge is -2.00. The van der Waals surface area contributed by atoms with Crippen molar-refractivity contribution < 1.29 is 0 Å². The maximum Gasteiger partial charge on any atom is 0.0372 e. The average Bonchev–Trinajstić information content (AvgIpc) is 2.13. The van der Waals surface area contributed by atoms with Gasteiger partial charge in [0.05, 0.1) is 0 Å². The molecule has 0 aromatic carbocycles. The topological polar surface area (TPSA) is 12.4 Å². The molecule has 0 aromatic heterocycles. The van der Waals surface area contributed by atoms with Crippen molar-refractivity contribution in [3.05, 3.63) is 23.4 Å². The Kier molecular flexibility index (Phi) is 2.64. The molecule has 1 nitrogen and oxygen atoms in total. The van der Waals surface area contributed by atoms with Gasteiger partial charge in [0.25, 0.3) is 0 Å². The predicted octanol–water partition coefficient (Wildman–Crippen LogP) is 3.09. The third-order valence-electron chi connectivity index (χ3n) is 1.86. The lowest BCUT2D eigenvalue weighted by Crippen LogP contribution is -1.86. The van der Waals surface area contributed by atoms with Gasteiger partial charge in [-0.2, -0.15) is 0 Å². The molecule has 0 aliphatic carbocycles. The Morgan fingerprint density at radius 1 is 1.45 bits per heavy atom. The van der Waals surface area contributed by atoms with Gasteiger partial charge < -0.3 is 0 Å². The van der Waals surface area contributed by atoms with Crippen LogP contribution in [0.1, 0.15) is 33.6 Å². The van der Waals surface area contributed by atoms with E-state index in [1.165, 1.54) is 11.1 Å². The van der Waals surface area contributed by atoms with Crippen molar-refractivity contribution >= 4 is 5.71 Å². The minimum Gasteiger partial charge on any atom is -0.262 e. The molecule has 0 atom stereocenters. The van der Waals surface area contributed by atoms with Gasteiger partial charge in [0.2, 0.25) is 0 Å². The number of hydrogen-bond acceptors (Lipinski definition) is 1. The molecule has 0 amide bonds. The average molecular weight is 149 g/mol. The van der Waals surface area contributed by atoms with Crippen molar-refractivity contribution in [1.29, 1.82) is 0 Å². The molecule has 0 radical (unpaired) electrons. The summed E-state index contributed by atoms with van der Waals surface area (Å²) in [5, 5.41) is 0. The van der Waals surface area contributed by atoms with Crippen molar-refractivity contribution in [2.75, 3.05) is 0 Å². The molecule has 1 heteroatoms. The van der Waals surface area contributed by atoms with Crippen LogP contribution in [0.3, 0.4) is 0 Å².